The summed E-state index contributed by atoms with van der Waals surface area (Å²) in [7, 11) is 0. The zero-order chi connectivity index (χ0) is 24.7. The van der Waals surface area contributed by atoms with Gasteiger partial charge in [0, 0.05) is 24.2 Å². The van der Waals surface area contributed by atoms with Gasteiger partial charge in [0.25, 0.3) is 16.8 Å². The van der Waals surface area contributed by atoms with Gasteiger partial charge in [0.15, 0.2) is 11.5 Å². The van der Waals surface area contributed by atoms with Gasteiger partial charge in [0.1, 0.15) is 6.61 Å². The molecular weight excluding hydrogens is 456 g/mol. The van der Waals surface area contributed by atoms with Crippen molar-refractivity contribution in [2.75, 3.05) is 13.2 Å². The van der Waals surface area contributed by atoms with E-state index in [0.29, 0.717) is 35.0 Å². The second kappa shape index (κ2) is 11.3. The SMILES string of the molecule is C=CCc1cc(/C=C2/SC(=O)N(CC=C)C2=O)cc(OCC)c1OCc1ccc([N+](=O)[O-])cc1. The standard InChI is InChI=1S/C25H24N2O6S/c1-4-7-19-13-18(15-22-24(28)26(12-5-2)25(29)34-22)14-21(32-6-3)23(19)33-16-17-8-10-20(11-9-17)27(30)31/h4-5,8-11,13-15H,1-2,6-7,12,16H2,3H3/b22-15+. The van der Waals surface area contributed by atoms with Gasteiger partial charge in [-0.05, 0) is 66.6 Å². The molecule has 1 aliphatic rings. The minimum atomic E-state index is -0.454. The van der Waals surface area contributed by atoms with Crippen LogP contribution in [0.25, 0.3) is 6.08 Å². The van der Waals surface area contributed by atoms with E-state index in [1.54, 1.807) is 30.4 Å². The number of carbonyl (C=O) groups excluding carboxylic acids is 2. The van der Waals surface area contributed by atoms with Gasteiger partial charge in [0.05, 0.1) is 16.4 Å². The van der Waals surface area contributed by atoms with Crippen molar-refractivity contribution in [1.82, 2.24) is 4.90 Å². The van der Waals surface area contributed by atoms with Crippen LogP contribution in [0.4, 0.5) is 10.5 Å². The molecule has 1 fully saturated rings. The predicted molar refractivity (Wildman–Crippen MR) is 132 cm³/mol. The van der Waals surface area contributed by atoms with Crippen LogP contribution in [0.15, 0.2) is 66.6 Å². The number of nitro benzene ring substituents is 1. The van der Waals surface area contributed by atoms with Gasteiger partial charge < -0.3 is 9.47 Å². The van der Waals surface area contributed by atoms with E-state index in [2.05, 4.69) is 13.2 Å². The van der Waals surface area contributed by atoms with Crippen LogP contribution < -0.4 is 9.47 Å². The quantitative estimate of drug-likeness (QED) is 0.181. The van der Waals surface area contributed by atoms with Gasteiger partial charge in [-0.15, -0.1) is 13.2 Å². The van der Waals surface area contributed by atoms with Crippen LogP contribution >= 0.6 is 11.8 Å². The topological polar surface area (TPSA) is 99.0 Å². The van der Waals surface area contributed by atoms with E-state index in [9.17, 15) is 19.7 Å². The highest BCUT2D eigenvalue weighted by Crippen LogP contribution is 2.37. The molecule has 0 atom stereocenters. The van der Waals surface area contributed by atoms with Gasteiger partial charge in [-0.1, -0.05) is 12.2 Å². The summed E-state index contributed by atoms with van der Waals surface area (Å²) in [6.07, 6.45) is 5.37. The van der Waals surface area contributed by atoms with Crippen LogP contribution in [0.1, 0.15) is 23.6 Å². The number of thioether (sulfide) groups is 1. The molecule has 0 spiro atoms. The molecule has 0 radical (unpaired) electrons. The summed E-state index contributed by atoms with van der Waals surface area (Å²) in [5.41, 5.74) is 2.25. The summed E-state index contributed by atoms with van der Waals surface area (Å²) in [5, 5.41) is 10.5. The molecule has 0 saturated carbocycles. The van der Waals surface area contributed by atoms with Gasteiger partial charge in [-0.2, -0.15) is 0 Å². The molecule has 1 heterocycles. The van der Waals surface area contributed by atoms with Gasteiger partial charge in [0.2, 0.25) is 0 Å². The van der Waals surface area contributed by atoms with Gasteiger partial charge >= 0.3 is 0 Å². The molecule has 0 unspecified atom stereocenters. The van der Waals surface area contributed by atoms with Crippen molar-refractivity contribution in [2.24, 2.45) is 0 Å². The Labute approximate surface area is 201 Å². The molecule has 2 aromatic carbocycles. The molecule has 8 nitrogen and oxygen atoms in total. The number of hydrogen-bond donors (Lipinski definition) is 0. The fraction of sp³-hybridized carbons (Fsp3) is 0.200. The number of imide groups is 1. The van der Waals surface area contributed by atoms with Crippen molar-refractivity contribution >= 4 is 34.7 Å². The molecule has 0 bridgehead atoms. The number of nitrogens with zero attached hydrogens (tertiary/aromatic N) is 2. The first kappa shape index (κ1) is 24.8. The lowest BCUT2D eigenvalue weighted by Gasteiger charge is -2.17. The molecule has 34 heavy (non-hydrogen) atoms. The smallest absolute Gasteiger partial charge is 0.293 e. The summed E-state index contributed by atoms with van der Waals surface area (Å²) < 4.78 is 11.9. The molecule has 2 amide bonds. The van der Waals surface area contributed by atoms with Crippen molar-refractivity contribution in [1.29, 1.82) is 0 Å². The fourth-order valence-corrected chi connectivity index (χ4v) is 4.16. The Morgan fingerprint density at radius 3 is 2.47 bits per heavy atom. The second-order valence-electron chi connectivity index (χ2n) is 7.23. The number of hydrogen-bond acceptors (Lipinski definition) is 7. The van der Waals surface area contributed by atoms with E-state index in [1.807, 2.05) is 13.0 Å². The van der Waals surface area contributed by atoms with Crippen LogP contribution in [0.5, 0.6) is 11.5 Å². The largest absolute Gasteiger partial charge is 0.490 e. The fourth-order valence-electron chi connectivity index (χ4n) is 3.31. The first-order valence-corrected chi connectivity index (χ1v) is 11.3. The summed E-state index contributed by atoms with van der Waals surface area (Å²) in [4.78, 5) is 36.6. The Balaban J connectivity index is 1.92. The Morgan fingerprint density at radius 1 is 1.12 bits per heavy atom. The third-order valence-corrected chi connectivity index (χ3v) is 5.74. The minimum absolute atomic E-state index is 0.00737. The predicted octanol–water partition coefficient (Wildman–Crippen LogP) is 5.52. The zero-order valence-electron chi connectivity index (χ0n) is 18.7. The number of non-ortho nitro benzene ring substituents is 1. The highest BCUT2D eigenvalue weighted by Gasteiger charge is 2.34. The molecule has 0 aliphatic carbocycles. The summed E-state index contributed by atoms with van der Waals surface area (Å²) >= 11 is 0.880. The van der Waals surface area contributed by atoms with Crippen LogP contribution in [0, 0.1) is 10.1 Å². The number of nitro groups is 1. The zero-order valence-corrected chi connectivity index (χ0v) is 19.5. The van der Waals surface area contributed by atoms with E-state index in [-0.39, 0.29) is 30.0 Å². The van der Waals surface area contributed by atoms with Crippen LogP contribution in [-0.4, -0.2) is 34.1 Å². The molecule has 2 aromatic rings. The number of amides is 2. The van der Waals surface area contributed by atoms with E-state index < -0.39 is 4.92 Å². The summed E-state index contributed by atoms with van der Waals surface area (Å²) in [5.74, 6) is 0.647. The molecule has 1 aliphatic heterocycles. The summed E-state index contributed by atoms with van der Waals surface area (Å²) in [6, 6.07) is 9.74. The molecule has 1 saturated heterocycles. The van der Waals surface area contributed by atoms with E-state index in [4.69, 9.17) is 9.47 Å². The molecule has 9 heteroatoms. The monoisotopic (exact) mass is 480 g/mol. The highest BCUT2D eigenvalue weighted by molar-refractivity contribution is 8.18. The van der Waals surface area contributed by atoms with Crippen LogP contribution in [-0.2, 0) is 17.8 Å². The molecular formula is C25H24N2O6S. The Bertz CT molecular complexity index is 1160. The number of ether oxygens (including phenoxy) is 2. The number of carbonyl (C=O) groups is 2. The van der Waals surface area contributed by atoms with Crippen molar-refractivity contribution in [3.63, 3.8) is 0 Å². The maximum atomic E-state index is 12.6. The maximum Gasteiger partial charge on any atom is 0.293 e. The van der Waals surface area contributed by atoms with Gasteiger partial charge in [-0.3, -0.25) is 24.6 Å². The summed E-state index contributed by atoms with van der Waals surface area (Å²) in [6.45, 7) is 9.97. The Morgan fingerprint density at radius 2 is 1.85 bits per heavy atom. The third kappa shape index (κ3) is 5.74. The van der Waals surface area contributed by atoms with Crippen molar-refractivity contribution in [3.8, 4) is 11.5 Å². The van der Waals surface area contributed by atoms with Crippen molar-refractivity contribution in [3.05, 3.63) is 93.4 Å². The molecule has 3 rings (SSSR count). The molecule has 0 aromatic heterocycles. The van der Waals surface area contributed by atoms with Crippen LogP contribution in [0.3, 0.4) is 0 Å². The normalized spacial score (nSPS) is 14.4. The Hall–Kier alpha value is -3.85. The maximum absolute atomic E-state index is 12.6. The van der Waals surface area contributed by atoms with E-state index in [0.717, 1.165) is 27.8 Å². The van der Waals surface area contributed by atoms with Crippen molar-refractivity contribution in [2.45, 2.75) is 20.0 Å². The first-order chi connectivity index (χ1) is 16.4. The molecule has 0 N–H and O–H groups in total. The minimum Gasteiger partial charge on any atom is -0.490 e. The third-order valence-electron chi connectivity index (χ3n) is 4.83. The second-order valence-corrected chi connectivity index (χ2v) is 8.22. The molecule has 176 valence electrons. The lowest BCUT2D eigenvalue weighted by atomic mass is 10.0. The van der Waals surface area contributed by atoms with E-state index >= 15 is 0 Å². The number of allylic oxidation sites excluding steroid dienone is 1. The van der Waals surface area contributed by atoms with Gasteiger partial charge in [-0.25, -0.2) is 0 Å². The average Bonchev–Trinajstić information content (AvgIpc) is 3.07. The number of benzene rings is 2. The highest BCUT2D eigenvalue weighted by atomic mass is 32.2. The Kier molecular flexibility index (Phi) is 8.26. The lowest BCUT2D eigenvalue weighted by molar-refractivity contribution is -0.384. The van der Waals surface area contributed by atoms with Crippen molar-refractivity contribution < 1.29 is 24.0 Å². The number of rotatable bonds is 11. The van der Waals surface area contributed by atoms with Crippen LogP contribution in [0.2, 0.25) is 0 Å². The lowest BCUT2D eigenvalue weighted by Crippen LogP contribution is -2.27. The van der Waals surface area contributed by atoms with E-state index in [1.165, 1.54) is 18.2 Å². The first-order valence-electron chi connectivity index (χ1n) is 10.5. The average molecular weight is 481 g/mol.